The highest BCUT2D eigenvalue weighted by Gasteiger charge is 2.21. The van der Waals surface area contributed by atoms with Gasteiger partial charge in [0.25, 0.3) is 0 Å². The van der Waals surface area contributed by atoms with E-state index in [1.54, 1.807) is 25.1 Å². The van der Waals surface area contributed by atoms with Gasteiger partial charge in [0.15, 0.2) is 0 Å². The fourth-order valence-electron chi connectivity index (χ4n) is 3.80. The largest absolute Gasteiger partial charge is 0.345 e. The van der Waals surface area contributed by atoms with Crippen LogP contribution >= 0.6 is 11.6 Å². The van der Waals surface area contributed by atoms with Crippen LogP contribution in [0.15, 0.2) is 72.8 Å². The van der Waals surface area contributed by atoms with Gasteiger partial charge in [-0.05, 0) is 49.1 Å². The third-order valence-electron chi connectivity index (χ3n) is 5.49. The highest BCUT2D eigenvalue weighted by Crippen LogP contribution is 2.28. The minimum Gasteiger partial charge on any atom is -0.345 e. The molecule has 0 bridgehead atoms. The molecule has 33 heavy (non-hydrogen) atoms. The minimum atomic E-state index is -3.53. The Hall–Kier alpha value is -2.83. The average Bonchev–Trinajstić information content (AvgIpc) is 2.77. The number of rotatable bonds is 9. The third-order valence-corrected chi connectivity index (χ3v) is 7.08. The molecule has 0 saturated heterocycles. The summed E-state index contributed by atoms with van der Waals surface area (Å²) in [5.41, 5.74) is 4.33. The van der Waals surface area contributed by atoms with Gasteiger partial charge in [-0.15, -0.1) is 0 Å². The SMILES string of the molecule is Cc1cccc([C@@H](NC(=O)CCCN(c2cccc(Cl)c2C)S(C)(=O)=O)c2ccccc2)c1. The van der Waals surface area contributed by atoms with Gasteiger partial charge in [0.2, 0.25) is 15.9 Å². The van der Waals surface area contributed by atoms with Gasteiger partial charge in [-0.1, -0.05) is 77.8 Å². The Morgan fingerprint density at radius 2 is 1.64 bits per heavy atom. The first-order valence-electron chi connectivity index (χ1n) is 10.8. The number of sulfonamides is 1. The molecule has 0 radical (unpaired) electrons. The number of hydrogen-bond donors (Lipinski definition) is 1. The van der Waals surface area contributed by atoms with Gasteiger partial charge in [-0.3, -0.25) is 9.10 Å². The number of benzene rings is 3. The van der Waals surface area contributed by atoms with E-state index in [-0.39, 0.29) is 24.9 Å². The number of nitrogens with zero attached hydrogens (tertiary/aromatic N) is 1. The van der Waals surface area contributed by atoms with Crippen molar-refractivity contribution in [3.05, 3.63) is 100 Å². The first-order valence-corrected chi connectivity index (χ1v) is 13.0. The van der Waals surface area contributed by atoms with Crippen LogP contribution < -0.4 is 9.62 Å². The molecule has 0 fully saturated rings. The molecule has 0 aromatic heterocycles. The van der Waals surface area contributed by atoms with Crippen LogP contribution in [0.5, 0.6) is 0 Å². The summed E-state index contributed by atoms with van der Waals surface area (Å²) >= 11 is 6.19. The van der Waals surface area contributed by atoms with Gasteiger partial charge >= 0.3 is 0 Å². The zero-order chi connectivity index (χ0) is 24.0. The Bertz CT molecular complexity index is 1210. The molecule has 174 valence electrons. The van der Waals surface area contributed by atoms with Crippen LogP contribution in [0.2, 0.25) is 5.02 Å². The molecule has 0 saturated carbocycles. The van der Waals surface area contributed by atoms with Crippen molar-refractivity contribution in [3.63, 3.8) is 0 Å². The molecule has 0 aliphatic heterocycles. The van der Waals surface area contributed by atoms with Crippen LogP contribution in [-0.4, -0.2) is 27.1 Å². The molecule has 1 N–H and O–H groups in total. The number of aryl methyl sites for hydroxylation is 1. The summed E-state index contributed by atoms with van der Waals surface area (Å²) in [6.45, 7) is 3.99. The molecule has 5 nitrogen and oxygen atoms in total. The second kappa shape index (κ2) is 10.9. The van der Waals surface area contributed by atoms with E-state index in [1.165, 1.54) is 4.31 Å². The predicted molar refractivity (Wildman–Crippen MR) is 135 cm³/mol. The summed E-state index contributed by atoms with van der Waals surface area (Å²) in [7, 11) is -3.53. The molecule has 3 rings (SSSR count). The first-order chi connectivity index (χ1) is 15.7. The van der Waals surface area contributed by atoms with Crippen LogP contribution in [0.25, 0.3) is 0 Å². The number of halogens is 1. The Morgan fingerprint density at radius 3 is 2.30 bits per heavy atom. The highest BCUT2D eigenvalue weighted by molar-refractivity contribution is 7.92. The number of hydrogen-bond acceptors (Lipinski definition) is 3. The molecule has 7 heteroatoms. The van der Waals surface area contributed by atoms with Crippen molar-refractivity contribution in [2.75, 3.05) is 17.1 Å². The van der Waals surface area contributed by atoms with Crippen molar-refractivity contribution >= 4 is 33.2 Å². The van der Waals surface area contributed by atoms with E-state index >= 15 is 0 Å². The lowest BCUT2D eigenvalue weighted by molar-refractivity contribution is -0.121. The Morgan fingerprint density at radius 1 is 0.970 bits per heavy atom. The minimum absolute atomic E-state index is 0.137. The van der Waals surface area contributed by atoms with Crippen molar-refractivity contribution in [2.45, 2.75) is 32.7 Å². The molecular weight excluding hydrogens is 456 g/mol. The second-order valence-corrected chi connectivity index (χ2v) is 10.5. The van der Waals surface area contributed by atoms with Crippen molar-refractivity contribution in [1.82, 2.24) is 5.32 Å². The third kappa shape index (κ3) is 6.59. The van der Waals surface area contributed by atoms with Gasteiger partial charge in [-0.2, -0.15) is 0 Å². The van der Waals surface area contributed by atoms with E-state index in [2.05, 4.69) is 11.4 Å². The zero-order valence-corrected chi connectivity index (χ0v) is 20.7. The van der Waals surface area contributed by atoms with Crippen LogP contribution in [-0.2, 0) is 14.8 Å². The van der Waals surface area contributed by atoms with E-state index in [0.29, 0.717) is 22.7 Å². The lowest BCUT2D eigenvalue weighted by Crippen LogP contribution is -2.33. The summed E-state index contributed by atoms with van der Waals surface area (Å²) < 4.78 is 26.2. The molecule has 0 spiro atoms. The van der Waals surface area contributed by atoms with E-state index in [4.69, 9.17) is 11.6 Å². The Kier molecular flexibility index (Phi) is 8.16. The average molecular weight is 485 g/mol. The summed E-state index contributed by atoms with van der Waals surface area (Å²) in [6.07, 6.45) is 1.73. The topological polar surface area (TPSA) is 66.5 Å². The lowest BCUT2D eigenvalue weighted by atomic mass is 9.97. The number of nitrogens with one attached hydrogen (secondary N) is 1. The van der Waals surface area contributed by atoms with E-state index in [0.717, 1.165) is 22.9 Å². The van der Waals surface area contributed by atoms with Crippen LogP contribution in [0, 0.1) is 13.8 Å². The number of amides is 1. The maximum atomic E-state index is 12.9. The molecule has 0 unspecified atom stereocenters. The van der Waals surface area contributed by atoms with E-state index in [1.807, 2.05) is 55.5 Å². The molecule has 3 aromatic rings. The summed E-state index contributed by atoms with van der Waals surface area (Å²) in [5, 5.41) is 3.62. The first kappa shape index (κ1) is 24.8. The standard InChI is InChI=1S/C26H29ClN2O3S/c1-19-10-7-13-22(18-19)26(21-11-5-4-6-12-21)28-25(30)16-9-17-29(33(3,31)32)24-15-8-14-23(27)20(24)2/h4-8,10-15,18,26H,9,16-17H2,1-3H3,(H,28,30)/t26-/m0/s1. The summed E-state index contributed by atoms with van der Waals surface area (Å²) in [6, 6.07) is 22.8. The van der Waals surface area contributed by atoms with Crippen LogP contribution in [0.3, 0.4) is 0 Å². The zero-order valence-electron chi connectivity index (χ0n) is 19.1. The normalized spacial score (nSPS) is 12.2. The molecule has 1 amide bonds. The molecule has 0 heterocycles. The summed E-state index contributed by atoms with van der Waals surface area (Å²) in [5.74, 6) is -0.137. The monoisotopic (exact) mass is 484 g/mol. The molecule has 0 aliphatic rings. The van der Waals surface area contributed by atoms with Crippen molar-refractivity contribution < 1.29 is 13.2 Å². The molecule has 0 aliphatic carbocycles. The van der Waals surface area contributed by atoms with Crippen molar-refractivity contribution in [1.29, 1.82) is 0 Å². The summed E-state index contributed by atoms with van der Waals surface area (Å²) in [4.78, 5) is 12.9. The number of carbonyl (C=O) groups is 1. The second-order valence-electron chi connectivity index (χ2n) is 8.15. The molecular formula is C26H29ClN2O3S. The van der Waals surface area contributed by atoms with Gasteiger partial charge in [0.05, 0.1) is 18.0 Å². The number of anilines is 1. The van der Waals surface area contributed by atoms with Crippen LogP contribution in [0.1, 0.15) is 41.1 Å². The fraction of sp³-hybridized carbons (Fsp3) is 0.269. The maximum absolute atomic E-state index is 12.9. The van der Waals surface area contributed by atoms with E-state index in [9.17, 15) is 13.2 Å². The maximum Gasteiger partial charge on any atom is 0.232 e. The quantitative estimate of drug-likeness (QED) is 0.441. The van der Waals surface area contributed by atoms with Crippen LogP contribution in [0.4, 0.5) is 5.69 Å². The fourth-order valence-corrected chi connectivity index (χ4v) is 4.99. The van der Waals surface area contributed by atoms with E-state index < -0.39 is 10.0 Å². The molecule has 1 atom stereocenters. The molecule has 3 aromatic carbocycles. The van der Waals surface area contributed by atoms with Gasteiger partial charge in [-0.25, -0.2) is 8.42 Å². The highest BCUT2D eigenvalue weighted by atomic mass is 35.5. The lowest BCUT2D eigenvalue weighted by Gasteiger charge is -2.25. The Labute approximate surface area is 201 Å². The predicted octanol–water partition coefficient (Wildman–Crippen LogP) is 5.41. The smallest absolute Gasteiger partial charge is 0.232 e. The van der Waals surface area contributed by atoms with Crippen molar-refractivity contribution in [3.8, 4) is 0 Å². The number of carbonyl (C=O) groups excluding carboxylic acids is 1. The van der Waals surface area contributed by atoms with Gasteiger partial charge in [0.1, 0.15) is 0 Å². The van der Waals surface area contributed by atoms with Crippen molar-refractivity contribution in [2.24, 2.45) is 0 Å². The van der Waals surface area contributed by atoms with Gasteiger partial charge < -0.3 is 5.32 Å². The Balaban J connectivity index is 1.72. The van der Waals surface area contributed by atoms with Gasteiger partial charge in [0, 0.05) is 18.0 Å².